The van der Waals surface area contributed by atoms with Gasteiger partial charge < -0.3 is 9.80 Å². The van der Waals surface area contributed by atoms with E-state index in [1.165, 1.54) is 6.42 Å². The van der Waals surface area contributed by atoms with Crippen molar-refractivity contribution in [3.63, 3.8) is 0 Å². The molecule has 0 aliphatic carbocycles. The van der Waals surface area contributed by atoms with E-state index in [4.69, 9.17) is 0 Å². The molecule has 0 unspecified atom stereocenters. The molecule has 0 aromatic heterocycles. The number of likely N-dealkylation sites (tertiary alicyclic amines) is 1. The van der Waals surface area contributed by atoms with Crippen LogP contribution in [0.3, 0.4) is 0 Å². The molecule has 3 rings (SSSR count). The summed E-state index contributed by atoms with van der Waals surface area (Å²) < 4.78 is 0.985. The molecular formula is C16H19BrN2O2. The highest BCUT2D eigenvalue weighted by Gasteiger charge is 2.37. The van der Waals surface area contributed by atoms with Crippen LogP contribution >= 0.6 is 15.9 Å². The van der Waals surface area contributed by atoms with Gasteiger partial charge in [-0.1, -0.05) is 15.9 Å². The predicted octanol–water partition coefficient (Wildman–Crippen LogP) is 2.81. The Morgan fingerprint density at radius 3 is 2.43 bits per heavy atom. The maximum atomic E-state index is 12.5. The summed E-state index contributed by atoms with van der Waals surface area (Å²) in [5.74, 6) is 0.0228. The van der Waals surface area contributed by atoms with Crippen molar-refractivity contribution in [1.29, 1.82) is 0 Å². The standard InChI is InChI=1S/C16H19BrN2O2/c17-13-4-6-14(7-5-13)19-11-12(10-15(19)20)16(21)18-8-2-1-3-9-18/h4-7,12H,1-3,8-11H2/t12-/m0/s1. The summed E-state index contributed by atoms with van der Waals surface area (Å²) in [6, 6.07) is 7.66. The molecule has 21 heavy (non-hydrogen) atoms. The molecule has 0 N–H and O–H groups in total. The van der Waals surface area contributed by atoms with Crippen molar-refractivity contribution >= 4 is 33.4 Å². The van der Waals surface area contributed by atoms with Crippen molar-refractivity contribution in [1.82, 2.24) is 4.90 Å². The summed E-state index contributed by atoms with van der Waals surface area (Å²) in [4.78, 5) is 28.4. The maximum absolute atomic E-state index is 12.5. The van der Waals surface area contributed by atoms with Gasteiger partial charge in [-0.15, -0.1) is 0 Å². The number of rotatable bonds is 2. The highest BCUT2D eigenvalue weighted by atomic mass is 79.9. The van der Waals surface area contributed by atoms with E-state index in [2.05, 4.69) is 15.9 Å². The van der Waals surface area contributed by atoms with Gasteiger partial charge in [0.1, 0.15) is 0 Å². The van der Waals surface area contributed by atoms with E-state index < -0.39 is 0 Å². The van der Waals surface area contributed by atoms with Gasteiger partial charge in [-0.25, -0.2) is 0 Å². The SMILES string of the molecule is O=C([C@H]1CC(=O)N(c2ccc(Br)cc2)C1)N1CCCCC1. The first-order valence-electron chi connectivity index (χ1n) is 7.50. The van der Waals surface area contributed by atoms with Gasteiger partial charge >= 0.3 is 0 Å². The molecule has 2 amide bonds. The number of piperidine rings is 1. The third-order valence-electron chi connectivity index (χ3n) is 4.28. The van der Waals surface area contributed by atoms with Crippen LogP contribution in [0, 0.1) is 5.92 Å². The van der Waals surface area contributed by atoms with Gasteiger partial charge in [-0.2, -0.15) is 0 Å². The second-order valence-electron chi connectivity index (χ2n) is 5.77. The second-order valence-corrected chi connectivity index (χ2v) is 6.68. The van der Waals surface area contributed by atoms with Crippen LogP contribution in [0.15, 0.2) is 28.7 Å². The van der Waals surface area contributed by atoms with E-state index >= 15 is 0 Å². The molecule has 2 fully saturated rings. The predicted molar refractivity (Wildman–Crippen MR) is 85.0 cm³/mol. The number of anilines is 1. The zero-order valence-electron chi connectivity index (χ0n) is 11.9. The summed E-state index contributed by atoms with van der Waals surface area (Å²) in [5, 5.41) is 0. The van der Waals surface area contributed by atoms with Crippen LogP contribution in [0.5, 0.6) is 0 Å². The highest BCUT2D eigenvalue weighted by molar-refractivity contribution is 9.10. The Kier molecular flexibility index (Phi) is 4.29. The van der Waals surface area contributed by atoms with E-state index in [-0.39, 0.29) is 17.7 Å². The first-order chi connectivity index (χ1) is 10.1. The molecule has 0 spiro atoms. The van der Waals surface area contributed by atoms with Gasteiger partial charge in [0, 0.05) is 36.2 Å². The second kappa shape index (κ2) is 6.18. The molecule has 1 aromatic carbocycles. The lowest BCUT2D eigenvalue weighted by Crippen LogP contribution is -2.40. The highest BCUT2D eigenvalue weighted by Crippen LogP contribution is 2.28. The third kappa shape index (κ3) is 3.12. The van der Waals surface area contributed by atoms with Crippen LogP contribution < -0.4 is 4.90 Å². The minimum Gasteiger partial charge on any atom is -0.342 e. The van der Waals surface area contributed by atoms with Gasteiger partial charge in [0.05, 0.1) is 5.92 Å². The smallest absolute Gasteiger partial charge is 0.228 e. The van der Waals surface area contributed by atoms with E-state index in [0.717, 1.165) is 36.1 Å². The van der Waals surface area contributed by atoms with Crippen LogP contribution in [0.25, 0.3) is 0 Å². The topological polar surface area (TPSA) is 40.6 Å². The summed E-state index contributed by atoms with van der Waals surface area (Å²) in [7, 11) is 0. The van der Waals surface area contributed by atoms with Crippen LogP contribution in [-0.2, 0) is 9.59 Å². The van der Waals surface area contributed by atoms with Crippen molar-refractivity contribution < 1.29 is 9.59 Å². The van der Waals surface area contributed by atoms with Crippen molar-refractivity contribution in [2.45, 2.75) is 25.7 Å². The molecule has 2 aliphatic rings. The first kappa shape index (κ1) is 14.6. The van der Waals surface area contributed by atoms with Gasteiger partial charge in [-0.05, 0) is 43.5 Å². The summed E-state index contributed by atoms with van der Waals surface area (Å²) in [6.45, 7) is 2.21. The zero-order chi connectivity index (χ0) is 14.8. The summed E-state index contributed by atoms with van der Waals surface area (Å²) in [5.41, 5.74) is 0.872. The zero-order valence-corrected chi connectivity index (χ0v) is 13.5. The molecule has 2 aliphatic heterocycles. The number of benzene rings is 1. The van der Waals surface area contributed by atoms with Crippen LogP contribution in [0.1, 0.15) is 25.7 Å². The Morgan fingerprint density at radius 2 is 1.76 bits per heavy atom. The number of nitrogens with zero attached hydrogens (tertiary/aromatic N) is 2. The fourth-order valence-electron chi connectivity index (χ4n) is 3.12. The van der Waals surface area contributed by atoms with Crippen LogP contribution in [-0.4, -0.2) is 36.3 Å². The normalized spacial score (nSPS) is 22.7. The average Bonchev–Trinajstić information content (AvgIpc) is 2.90. The van der Waals surface area contributed by atoms with E-state index in [9.17, 15) is 9.59 Å². The molecule has 1 aromatic rings. The van der Waals surface area contributed by atoms with E-state index in [1.807, 2.05) is 29.2 Å². The molecule has 1 atom stereocenters. The minimum absolute atomic E-state index is 0.0488. The lowest BCUT2D eigenvalue weighted by atomic mass is 10.0. The Balaban J connectivity index is 1.69. The van der Waals surface area contributed by atoms with Crippen molar-refractivity contribution in [2.75, 3.05) is 24.5 Å². The Morgan fingerprint density at radius 1 is 1.10 bits per heavy atom. The van der Waals surface area contributed by atoms with Crippen molar-refractivity contribution in [3.05, 3.63) is 28.7 Å². The average molecular weight is 351 g/mol. The van der Waals surface area contributed by atoms with Crippen molar-refractivity contribution in [2.24, 2.45) is 5.92 Å². The molecule has 5 heteroatoms. The lowest BCUT2D eigenvalue weighted by Gasteiger charge is -2.29. The molecule has 2 saturated heterocycles. The Labute approximate surface area is 133 Å². The largest absolute Gasteiger partial charge is 0.342 e. The monoisotopic (exact) mass is 350 g/mol. The van der Waals surface area contributed by atoms with Crippen LogP contribution in [0.2, 0.25) is 0 Å². The molecule has 0 bridgehead atoms. The number of hydrogen-bond acceptors (Lipinski definition) is 2. The number of carbonyl (C=O) groups is 2. The number of amides is 2. The van der Waals surface area contributed by atoms with Crippen LogP contribution in [0.4, 0.5) is 5.69 Å². The minimum atomic E-state index is -0.181. The summed E-state index contributed by atoms with van der Waals surface area (Å²) in [6.07, 6.45) is 3.72. The van der Waals surface area contributed by atoms with Crippen molar-refractivity contribution in [3.8, 4) is 0 Å². The Hall–Kier alpha value is -1.36. The van der Waals surface area contributed by atoms with Gasteiger partial charge in [0.25, 0.3) is 0 Å². The molecular weight excluding hydrogens is 332 g/mol. The number of hydrogen-bond donors (Lipinski definition) is 0. The number of halogens is 1. The van der Waals surface area contributed by atoms with E-state index in [0.29, 0.717) is 13.0 Å². The molecule has 0 saturated carbocycles. The lowest BCUT2D eigenvalue weighted by molar-refractivity contribution is -0.136. The third-order valence-corrected chi connectivity index (χ3v) is 4.81. The van der Waals surface area contributed by atoms with Gasteiger partial charge in [0.2, 0.25) is 11.8 Å². The fraction of sp³-hybridized carbons (Fsp3) is 0.500. The Bertz CT molecular complexity index is 538. The molecule has 0 radical (unpaired) electrons. The summed E-state index contributed by atoms with van der Waals surface area (Å²) >= 11 is 3.39. The number of carbonyl (C=O) groups excluding carboxylic acids is 2. The van der Waals surface area contributed by atoms with Gasteiger partial charge in [0.15, 0.2) is 0 Å². The maximum Gasteiger partial charge on any atom is 0.228 e. The van der Waals surface area contributed by atoms with Gasteiger partial charge in [-0.3, -0.25) is 9.59 Å². The van der Waals surface area contributed by atoms with E-state index in [1.54, 1.807) is 4.90 Å². The quantitative estimate of drug-likeness (QED) is 0.822. The first-order valence-corrected chi connectivity index (χ1v) is 8.29. The molecule has 2 heterocycles. The fourth-order valence-corrected chi connectivity index (χ4v) is 3.38. The molecule has 4 nitrogen and oxygen atoms in total. The molecule has 112 valence electrons.